The number of anilines is 2. The molecule has 1 amide bonds. The van der Waals surface area contributed by atoms with Crippen LogP contribution in [0.3, 0.4) is 0 Å². The summed E-state index contributed by atoms with van der Waals surface area (Å²) in [6, 6.07) is 17.3. The van der Waals surface area contributed by atoms with Crippen LogP contribution in [0.1, 0.15) is 55.2 Å². The Balaban J connectivity index is 1.34. The van der Waals surface area contributed by atoms with Crippen LogP contribution < -0.4 is 16.0 Å². The molecular weight excluding hydrogens is 577 g/mol. The summed E-state index contributed by atoms with van der Waals surface area (Å²) in [6.45, 7) is 0.603. The minimum Gasteiger partial charge on any atom is -0.366 e. The first-order chi connectivity index (χ1) is 20.7. The second-order valence-electron chi connectivity index (χ2n) is 10.9. The van der Waals surface area contributed by atoms with E-state index in [4.69, 9.17) is 16.6 Å². The van der Waals surface area contributed by atoms with Crippen molar-refractivity contribution in [2.24, 2.45) is 5.92 Å². The molecule has 1 fully saturated rings. The molecule has 2 aromatic carbocycles. The number of alkyl halides is 3. The van der Waals surface area contributed by atoms with Crippen molar-refractivity contribution in [1.29, 1.82) is 0 Å². The lowest BCUT2D eigenvalue weighted by Crippen LogP contribution is -2.41. The fourth-order valence-corrected chi connectivity index (χ4v) is 5.52. The number of nitrogens with zero attached hydrogens (tertiary/aromatic N) is 3. The standard InChI is InChI=1S/C32H34ClF3N6O/c33-26-10-6-9-24(17-26)21-37-28-19-29(41-31(40-28)42-15-4-5-16-42)39-27(18-22-7-2-1-3-8-22)30(43)38-20-23-11-13-25(14-12-23)32(34,35)36/h4-6,9-17,19,22,27H,1-3,7-8,18,20-21H2,(H,38,43)(H2,37,39,40,41)/t27-/m1/s1. The van der Waals surface area contributed by atoms with E-state index in [2.05, 4.69) is 20.9 Å². The maximum Gasteiger partial charge on any atom is 0.416 e. The average Bonchev–Trinajstić information content (AvgIpc) is 3.54. The van der Waals surface area contributed by atoms with E-state index in [0.29, 0.717) is 47.1 Å². The van der Waals surface area contributed by atoms with Gasteiger partial charge in [0.15, 0.2) is 0 Å². The van der Waals surface area contributed by atoms with Gasteiger partial charge in [-0.1, -0.05) is 68.0 Å². The van der Waals surface area contributed by atoms with Crippen LogP contribution >= 0.6 is 11.6 Å². The van der Waals surface area contributed by atoms with Gasteiger partial charge in [-0.15, -0.1) is 0 Å². The van der Waals surface area contributed by atoms with Gasteiger partial charge >= 0.3 is 6.18 Å². The number of halogens is 4. The van der Waals surface area contributed by atoms with E-state index in [1.165, 1.54) is 18.6 Å². The van der Waals surface area contributed by atoms with Gasteiger partial charge in [0.1, 0.15) is 17.7 Å². The Bertz CT molecular complexity index is 1490. The lowest BCUT2D eigenvalue weighted by atomic mass is 9.84. The molecule has 2 heterocycles. The van der Waals surface area contributed by atoms with E-state index >= 15 is 0 Å². The van der Waals surface area contributed by atoms with Crippen LogP contribution in [0, 0.1) is 5.92 Å². The van der Waals surface area contributed by atoms with Crippen molar-refractivity contribution in [3.05, 3.63) is 101 Å². The summed E-state index contributed by atoms with van der Waals surface area (Å²) in [4.78, 5) is 22.9. The Morgan fingerprint density at radius 1 is 0.907 bits per heavy atom. The first-order valence-corrected chi connectivity index (χ1v) is 14.8. The predicted molar refractivity (Wildman–Crippen MR) is 162 cm³/mol. The molecule has 2 aromatic heterocycles. The average molecular weight is 611 g/mol. The zero-order chi connectivity index (χ0) is 30.2. The van der Waals surface area contributed by atoms with Gasteiger partial charge < -0.3 is 16.0 Å². The number of aromatic nitrogens is 3. The third kappa shape index (κ3) is 8.73. The number of rotatable bonds is 11. The molecule has 11 heteroatoms. The Morgan fingerprint density at radius 2 is 1.63 bits per heavy atom. The summed E-state index contributed by atoms with van der Waals surface area (Å²) in [5.41, 5.74) is 0.851. The molecule has 5 rings (SSSR count). The summed E-state index contributed by atoms with van der Waals surface area (Å²) in [5.74, 6) is 1.64. The van der Waals surface area contributed by atoms with Crippen LogP contribution in [0.25, 0.3) is 5.95 Å². The summed E-state index contributed by atoms with van der Waals surface area (Å²) in [7, 11) is 0. The van der Waals surface area contributed by atoms with E-state index in [9.17, 15) is 18.0 Å². The number of amides is 1. The molecule has 0 spiro atoms. The van der Waals surface area contributed by atoms with Crippen LogP contribution in [0.5, 0.6) is 0 Å². The fourth-order valence-electron chi connectivity index (χ4n) is 5.31. The number of hydrogen-bond acceptors (Lipinski definition) is 5. The molecule has 1 atom stereocenters. The molecule has 0 bridgehead atoms. The zero-order valence-corrected chi connectivity index (χ0v) is 24.3. The maximum atomic E-state index is 13.5. The zero-order valence-electron chi connectivity index (χ0n) is 23.6. The number of carbonyl (C=O) groups is 1. The second kappa shape index (κ2) is 13.9. The molecule has 7 nitrogen and oxygen atoms in total. The third-order valence-electron chi connectivity index (χ3n) is 7.59. The molecule has 4 aromatic rings. The third-order valence-corrected chi connectivity index (χ3v) is 7.83. The highest BCUT2D eigenvalue weighted by atomic mass is 35.5. The molecule has 1 saturated carbocycles. The van der Waals surface area contributed by atoms with Crippen molar-refractivity contribution in [2.45, 2.75) is 63.8 Å². The molecule has 3 N–H and O–H groups in total. The highest BCUT2D eigenvalue weighted by Crippen LogP contribution is 2.30. The van der Waals surface area contributed by atoms with Gasteiger partial charge in [-0.05, 0) is 59.9 Å². The quantitative estimate of drug-likeness (QED) is 0.163. The molecule has 1 aliphatic carbocycles. The normalized spacial score (nSPS) is 14.7. The molecule has 0 aliphatic heterocycles. The fraction of sp³-hybridized carbons (Fsp3) is 0.344. The number of nitrogens with one attached hydrogen (secondary N) is 3. The van der Waals surface area contributed by atoms with Gasteiger partial charge in [-0.2, -0.15) is 23.1 Å². The largest absolute Gasteiger partial charge is 0.416 e. The Kier molecular flexibility index (Phi) is 9.86. The maximum absolute atomic E-state index is 13.5. The molecular formula is C32H34ClF3N6O. The van der Waals surface area contributed by atoms with Gasteiger partial charge in [0, 0.05) is 36.6 Å². The predicted octanol–water partition coefficient (Wildman–Crippen LogP) is 7.62. The van der Waals surface area contributed by atoms with Crippen molar-refractivity contribution in [1.82, 2.24) is 19.9 Å². The van der Waals surface area contributed by atoms with Crippen molar-refractivity contribution < 1.29 is 18.0 Å². The molecule has 0 radical (unpaired) electrons. The SMILES string of the molecule is O=C(NCc1ccc(C(F)(F)F)cc1)[C@@H](CC1CCCCC1)Nc1cc(NCc2cccc(Cl)c2)nc(-n2cccc2)n1. The van der Waals surface area contributed by atoms with Crippen LogP contribution in [0.4, 0.5) is 24.8 Å². The molecule has 0 unspecified atom stereocenters. The van der Waals surface area contributed by atoms with Gasteiger partial charge in [-0.3, -0.25) is 9.36 Å². The highest BCUT2D eigenvalue weighted by molar-refractivity contribution is 6.30. The first kappa shape index (κ1) is 30.4. The van der Waals surface area contributed by atoms with Crippen molar-refractivity contribution in [3.8, 4) is 5.95 Å². The Morgan fingerprint density at radius 3 is 2.33 bits per heavy atom. The van der Waals surface area contributed by atoms with Gasteiger partial charge in [0.25, 0.3) is 0 Å². The number of carbonyl (C=O) groups excluding carboxylic acids is 1. The smallest absolute Gasteiger partial charge is 0.366 e. The Hall–Kier alpha value is -4.05. The van der Waals surface area contributed by atoms with Crippen LogP contribution in [0.15, 0.2) is 79.1 Å². The van der Waals surface area contributed by atoms with E-state index in [0.717, 1.165) is 43.4 Å². The highest BCUT2D eigenvalue weighted by Gasteiger charge is 2.30. The van der Waals surface area contributed by atoms with Gasteiger partial charge in [0.05, 0.1) is 5.56 Å². The Labute approximate surface area is 253 Å². The van der Waals surface area contributed by atoms with Crippen molar-refractivity contribution in [3.63, 3.8) is 0 Å². The van der Waals surface area contributed by atoms with Crippen LogP contribution in [-0.2, 0) is 24.1 Å². The minimum absolute atomic E-state index is 0.116. The molecule has 1 aliphatic rings. The minimum atomic E-state index is -4.41. The summed E-state index contributed by atoms with van der Waals surface area (Å²) in [5, 5.41) is 10.2. The summed E-state index contributed by atoms with van der Waals surface area (Å²) < 4.78 is 40.7. The topological polar surface area (TPSA) is 83.9 Å². The molecule has 43 heavy (non-hydrogen) atoms. The number of benzene rings is 2. The lowest BCUT2D eigenvalue weighted by Gasteiger charge is -2.27. The molecule has 226 valence electrons. The summed E-state index contributed by atoms with van der Waals surface area (Å²) >= 11 is 6.15. The second-order valence-corrected chi connectivity index (χ2v) is 11.3. The monoisotopic (exact) mass is 610 g/mol. The van der Waals surface area contributed by atoms with E-state index in [1.54, 1.807) is 10.6 Å². The van der Waals surface area contributed by atoms with Gasteiger partial charge in [0.2, 0.25) is 11.9 Å². The van der Waals surface area contributed by atoms with E-state index < -0.39 is 17.8 Å². The van der Waals surface area contributed by atoms with Crippen molar-refractivity contribution >= 4 is 29.1 Å². The van der Waals surface area contributed by atoms with E-state index in [1.807, 2.05) is 48.8 Å². The molecule has 0 saturated heterocycles. The lowest BCUT2D eigenvalue weighted by molar-refractivity contribution is -0.137. The summed E-state index contributed by atoms with van der Waals surface area (Å²) in [6.07, 6.45) is 5.46. The number of hydrogen-bond donors (Lipinski definition) is 3. The van der Waals surface area contributed by atoms with E-state index in [-0.39, 0.29) is 12.5 Å². The van der Waals surface area contributed by atoms with Crippen molar-refractivity contribution in [2.75, 3.05) is 10.6 Å². The first-order valence-electron chi connectivity index (χ1n) is 14.4. The van der Waals surface area contributed by atoms with Gasteiger partial charge in [-0.25, -0.2) is 0 Å². The van der Waals surface area contributed by atoms with Crippen LogP contribution in [0.2, 0.25) is 5.02 Å². The van der Waals surface area contributed by atoms with Crippen LogP contribution in [-0.4, -0.2) is 26.5 Å².